The number of hydrogen-bond acceptors (Lipinski definition) is 3. The van der Waals surface area contributed by atoms with E-state index in [1.54, 1.807) is 17.0 Å². The van der Waals surface area contributed by atoms with Crippen molar-refractivity contribution in [3.05, 3.63) is 47.0 Å². The van der Waals surface area contributed by atoms with Crippen LogP contribution in [0.15, 0.2) is 41.1 Å². The number of carbonyl (C=O) groups excluding carboxylic acids is 1. The molecular formula is C12H12BrN3O2. The molecule has 0 saturated carbocycles. The van der Waals surface area contributed by atoms with E-state index in [4.69, 9.17) is 5.11 Å². The van der Waals surface area contributed by atoms with Gasteiger partial charge in [0.05, 0.1) is 0 Å². The summed E-state index contributed by atoms with van der Waals surface area (Å²) in [5.74, 6) is 0.311. The normalized spacial score (nSPS) is 10.3. The maximum Gasteiger partial charge on any atom is 0.244 e. The Hall–Kier alpha value is -1.66. The third kappa shape index (κ3) is 3.18. The van der Waals surface area contributed by atoms with Crippen molar-refractivity contribution in [3.63, 3.8) is 0 Å². The van der Waals surface area contributed by atoms with Gasteiger partial charge in [0.25, 0.3) is 0 Å². The molecule has 0 bridgehead atoms. The van der Waals surface area contributed by atoms with Crippen LogP contribution < -0.4 is 5.32 Å². The number of benzene rings is 1. The second kappa shape index (κ2) is 5.79. The van der Waals surface area contributed by atoms with Gasteiger partial charge in [0.2, 0.25) is 5.91 Å². The highest BCUT2D eigenvalue weighted by atomic mass is 79.9. The minimum absolute atomic E-state index is 0.131. The number of carbonyl (C=O) groups is 1. The molecule has 0 aliphatic rings. The molecule has 1 heterocycles. The van der Waals surface area contributed by atoms with E-state index in [1.807, 2.05) is 24.3 Å². The third-order valence-corrected chi connectivity index (χ3v) is 2.91. The Morgan fingerprint density at radius 1 is 1.39 bits per heavy atom. The largest absolute Gasteiger partial charge is 0.388 e. The van der Waals surface area contributed by atoms with Gasteiger partial charge in [0, 0.05) is 22.6 Å². The van der Waals surface area contributed by atoms with Crippen molar-refractivity contribution >= 4 is 27.5 Å². The Morgan fingerprint density at radius 3 is 2.78 bits per heavy atom. The molecule has 2 rings (SSSR count). The summed E-state index contributed by atoms with van der Waals surface area (Å²) in [5, 5.41) is 11.8. The molecule has 0 unspecified atom stereocenters. The smallest absolute Gasteiger partial charge is 0.244 e. The van der Waals surface area contributed by atoms with Crippen LogP contribution in [-0.4, -0.2) is 20.6 Å². The number of anilines is 1. The third-order valence-electron chi connectivity index (χ3n) is 2.39. The Kier molecular flexibility index (Phi) is 4.11. The zero-order valence-corrected chi connectivity index (χ0v) is 11.1. The zero-order chi connectivity index (χ0) is 13.0. The molecule has 94 valence electrons. The van der Waals surface area contributed by atoms with Crippen LogP contribution in [0.5, 0.6) is 0 Å². The minimum atomic E-state index is -0.182. The fourth-order valence-electron chi connectivity index (χ4n) is 1.52. The number of aromatic nitrogens is 2. The van der Waals surface area contributed by atoms with Crippen LogP contribution in [-0.2, 0) is 17.9 Å². The van der Waals surface area contributed by atoms with Crippen LogP contribution >= 0.6 is 15.9 Å². The highest BCUT2D eigenvalue weighted by Gasteiger charge is 2.07. The van der Waals surface area contributed by atoms with E-state index >= 15 is 0 Å². The second-order valence-corrected chi connectivity index (χ2v) is 4.60. The minimum Gasteiger partial charge on any atom is -0.388 e. The molecule has 0 aliphatic heterocycles. The van der Waals surface area contributed by atoms with E-state index < -0.39 is 0 Å². The van der Waals surface area contributed by atoms with Gasteiger partial charge in [0.15, 0.2) is 0 Å². The monoisotopic (exact) mass is 309 g/mol. The Morgan fingerprint density at radius 2 is 2.11 bits per heavy atom. The molecule has 0 spiro atoms. The summed E-state index contributed by atoms with van der Waals surface area (Å²) < 4.78 is 2.56. The Balaban J connectivity index is 1.99. The van der Waals surface area contributed by atoms with Gasteiger partial charge in [-0.05, 0) is 24.3 Å². The number of hydrogen-bond donors (Lipinski definition) is 2. The fourth-order valence-corrected chi connectivity index (χ4v) is 1.79. The number of nitrogens with one attached hydrogen (secondary N) is 1. The second-order valence-electron chi connectivity index (χ2n) is 3.68. The van der Waals surface area contributed by atoms with Crippen LogP contribution in [0.4, 0.5) is 5.69 Å². The number of rotatable bonds is 4. The predicted octanol–water partition coefficient (Wildman–Crippen LogP) is 1.78. The van der Waals surface area contributed by atoms with Crippen LogP contribution in [0.1, 0.15) is 5.82 Å². The van der Waals surface area contributed by atoms with Crippen molar-refractivity contribution in [2.75, 3.05) is 5.32 Å². The van der Waals surface area contributed by atoms with Crippen LogP contribution in [0, 0.1) is 0 Å². The van der Waals surface area contributed by atoms with Crippen molar-refractivity contribution in [1.29, 1.82) is 0 Å². The first-order valence-corrected chi connectivity index (χ1v) is 6.14. The van der Waals surface area contributed by atoms with Crippen LogP contribution in [0.2, 0.25) is 0 Å². The Labute approximate surface area is 113 Å². The van der Waals surface area contributed by atoms with Gasteiger partial charge in [0.1, 0.15) is 19.0 Å². The lowest BCUT2D eigenvalue weighted by Crippen LogP contribution is -2.19. The van der Waals surface area contributed by atoms with Gasteiger partial charge in [-0.1, -0.05) is 15.9 Å². The zero-order valence-electron chi connectivity index (χ0n) is 9.51. The van der Waals surface area contributed by atoms with E-state index in [1.165, 1.54) is 0 Å². The average molecular weight is 310 g/mol. The SMILES string of the molecule is O=C(Cn1ccnc1CO)Nc1ccc(Br)cc1. The molecule has 0 saturated heterocycles. The first kappa shape index (κ1) is 12.8. The van der Waals surface area contributed by atoms with Crippen molar-refractivity contribution in [3.8, 4) is 0 Å². The topological polar surface area (TPSA) is 67.2 Å². The van der Waals surface area contributed by atoms with Crippen molar-refractivity contribution in [2.45, 2.75) is 13.2 Å². The highest BCUT2D eigenvalue weighted by Crippen LogP contribution is 2.14. The molecule has 0 fully saturated rings. The molecule has 2 N–H and O–H groups in total. The van der Waals surface area contributed by atoms with Gasteiger partial charge in [-0.25, -0.2) is 4.98 Å². The van der Waals surface area contributed by atoms with E-state index in [0.29, 0.717) is 5.82 Å². The number of amides is 1. The van der Waals surface area contributed by atoms with Gasteiger partial charge >= 0.3 is 0 Å². The van der Waals surface area contributed by atoms with Crippen LogP contribution in [0.25, 0.3) is 0 Å². The van der Waals surface area contributed by atoms with Crippen LogP contribution in [0.3, 0.4) is 0 Å². The molecule has 0 radical (unpaired) electrons. The first-order valence-electron chi connectivity index (χ1n) is 5.35. The average Bonchev–Trinajstić information content (AvgIpc) is 2.79. The van der Waals surface area contributed by atoms with Gasteiger partial charge in [-0.2, -0.15) is 0 Å². The van der Waals surface area contributed by atoms with Crippen molar-refractivity contribution in [1.82, 2.24) is 9.55 Å². The van der Waals surface area contributed by atoms with Gasteiger partial charge in [-0.3, -0.25) is 4.79 Å². The molecule has 5 nitrogen and oxygen atoms in total. The number of halogens is 1. The maximum absolute atomic E-state index is 11.8. The summed E-state index contributed by atoms with van der Waals surface area (Å²) in [7, 11) is 0. The van der Waals surface area contributed by atoms with Crippen molar-refractivity contribution < 1.29 is 9.90 Å². The lowest BCUT2D eigenvalue weighted by atomic mass is 10.3. The maximum atomic E-state index is 11.8. The van der Waals surface area contributed by atoms with E-state index in [9.17, 15) is 4.79 Å². The van der Waals surface area contributed by atoms with Gasteiger partial charge in [-0.15, -0.1) is 0 Å². The summed E-state index contributed by atoms with van der Waals surface area (Å²) in [6, 6.07) is 7.32. The molecule has 1 aromatic heterocycles. The highest BCUT2D eigenvalue weighted by molar-refractivity contribution is 9.10. The summed E-state index contributed by atoms with van der Waals surface area (Å²) in [4.78, 5) is 15.7. The number of nitrogens with zero attached hydrogens (tertiary/aromatic N) is 2. The summed E-state index contributed by atoms with van der Waals surface area (Å²) in [5.41, 5.74) is 0.730. The quantitative estimate of drug-likeness (QED) is 0.904. The molecule has 1 amide bonds. The standard InChI is InChI=1S/C12H12BrN3O2/c13-9-1-3-10(4-2-9)15-12(18)7-16-6-5-14-11(16)8-17/h1-6,17H,7-8H2,(H,15,18). The molecular weight excluding hydrogens is 298 g/mol. The summed E-state index contributed by atoms with van der Waals surface area (Å²) >= 11 is 3.33. The van der Waals surface area contributed by atoms with E-state index in [-0.39, 0.29) is 19.1 Å². The number of imidazole rings is 1. The fraction of sp³-hybridized carbons (Fsp3) is 0.167. The van der Waals surface area contributed by atoms with E-state index in [0.717, 1.165) is 10.2 Å². The molecule has 0 aliphatic carbocycles. The Bertz CT molecular complexity index is 537. The molecule has 0 atom stereocenters. The van der Waals surface area contributed by atoms with Gasteiger partial charge < -0.3 is 15.0 Å². The number of aliphatic hydroxyl groups is 1. The molecule has 1 aromatic carbocycles. The first-order chi connectivity index (χ1) is 8.69. The predicted molar refractivity (Wildman–Crippen MR) is 70.9 cm³/mol. The van der Waals surface area contributed by atoms with Crippen molar-refractivity contribution in [2.24, 2.45) is 0 Å². The molecule has 18 heavy (non-hydrogen) atoms. The van der Waals surface area contributed by atoms with E-state index in [2.05, 4.69) is 26.2 Å². The molecule has 2 aromatic rings. The lowest BCUT2D eigenvalue weighted by Gasteiger charge is -2.07. The molecule has 6 heteroatoms. The lowest BCUT2D eigenvalue weighted by molar-refractivity contribution is -0.116. The number of aliphatic hydroxyl groups excluding tert-OH is 1. The summed E-state index contributed by atoms with van der Waals surface area (Å²) in [6.45, 7) is -0.0511. The summed E-state index contributed by atoms with van der Waals surface area (Å²) in [6.07, 6.45) is 3.21.